The molecule has 3 rings (SSSR count). The summed E-state index contributed by atoms with van der Waals surface area (Å²) in [5.41, 5.74) is 3.60. The molecule has 3 aromatic heterocycles. The van der Waals surface area contributed by atoms with Crippen molar-refractivity contribution in [3.63, 3.8) is 0 Å². The van der Waals surface area contributed by atoms with Crippen LogP contribution in [0.2, 0.25) is 0 Å². The number of rotatable bonds is 2. The Labute approximate surface area is 110 Å². The second-order valence-electron chi connectivity index (χ2n) is 4.39. The second kappa shape index (κ2) is 4.10. The molecule has 0 aromatic carbocycles. The van der Waals surface area contributed by atoms with Crippen molar-refractivity contribution in [2.24, 2.45) is 0 Å². The van der Waals surface area contributed by atoms with E-state index >= 15 is 0 Å². The van der Waals surface area contributed by atoms with Crippen LogP contribution in [0.15, 0.2) is 42.6 Å². The lowest BCUT2D eigenvalue weighted by atomic mass is 10.2. The number of ketones is 1. The Morgan fingerprint density at radius 2 is 2.06 bits per heavy atom. The molecule has 0 unspecified atom stereocenters. The molecule has 0 radical (unpaired) electrons. The van der Waals surface area contributed by atoms with Gasteiger partial charge in [-0.25, -0.2) is 0 Å². The zero-order valence-corrected chi connectivity index (χ0v) is 11.1. The van der Waals surface area contributed by atoms with Gasteiger partial charge in [0.2, 0.25) is 0 Å². The predicted octanol–water partition coefficient (Wildman–Crippen LogP) is 4.18. The van der Waals surface area contributed by atoms with Crippen LogP contribution in [0.5, 0.6) is 0 Å². The molecule has 0 spiro atoms. The average molecular weight is 255 g/mol. The van der Waals surface area contributed by atoms with Gasteiger partial charge < -0.3 is 4.40 Å². The first-order valence-corrected chi connectivity index (χ1v) is 6.66. The molecule has 3 heteroatoms. The van der Waals surface area contributed by atoms with Crippen molar-refractivity contribution >= 4 is 22.6 Å². The lowest BCUT2D eigenvalue weighted by molar-refractivity contribution is 0.102. The number of thiophene rings is 1. The number of pyridine rings is 1. The van der Waals surface area contributed by atoms with Crippen LogP contribution in [0, 0.1) is 6.92 Å². The van der Waals surface area contributed by atoms with Gasteiger partial charge in [0.1, 0.15) is 0 Å². The molecule has 0 bridgehead atoms. The summed E-state index contributed by atoms with van der Waals surface area (Å²) in [6, 6.07) is 12.3. The van der Waals surface area contributed by atoms with Gasteiger partial charge in [-0.3, -0.25) is 4.79 Å². The SMILES string of the molecule is CC(=O)c1ccc(-c2c(C)cc3ccccn23)s1. The van der Waals surface area contributed by atoms with Gasteiger partial charge in [0.25, 0.3) is 0 Å². The number of nitrogens with zero attached hydrogens (tertiary/aromatic N) is 1. The van der Waals surface area contributed by atoms with E-state index in [0.717, 1.165) is 9.75 Å². The monoisotopic (exact) mass is 255 g/mol. The van der Waals surface area contributed by atoms with Crippen molar-refractivity contribution in [2.45, 2.75) is 13.8 Å². The topological polar surface area (TPSA) is 21.5 Å². The summed E-state index contributed by atoms with van der Waals surface area (Å²) in [7, 11) is 0. The third-order valence-corrected chi connectivity index (χ3v) is 4.25. The van der Waals surface area contributed by atoms with Crippen molar-refractivity contribution in [3.05, 3.63) is 53.0 Å². The van der Waals surface area contributed by atoms with Gasteiger partial charge >= 0.3 is 0 Å². The quantitative estimate of drug-likeness (QED) is 0.629. The summed E-state index contributed by atoms with van der Waals surface area (Å²) in [5, 5.41) is 0. The third-order valence-electron chi connectivity index (χ3n) is 3.06. The Balaban J connectivity index is 2.24. The minimum absolute atomic E-state index is 0.129. The van der Waals surface area contributed by atoms with Crippen molar-refractivity contribution < 1.29 is 4.79 Å². The van der Waals surface area contributed by atoms with E-state index in [9.17, 15) is 4.79 Å². The lowest BCUT2D eigenvalue weighted by Gasteiger charge is -2.01. The van der Waals surface area contributed by atoms with Crippen LogP contribution in [0.4, 0.5) is 0 Å². The Bertz CT molecular complexity index is 736. The fourth-order valence-electron chi connectivity index (χ4n) is 2.23. The minimum Gasteiger partial charge on any atom is -0.316 e. The fourth-order valence-corrected chi connectivity index (χ4v) is 3.23. The van der Waals surface area contributed by atoms with Crippen LogP contribution in [-0.4, -0.2) is 10.2 Å². The molecule has 0 aliphatic heterocycles. The molecule has 3 aromatic rings. The normalized spacial score (nSPS) is 11.0. The summed E-state index contributed by atoms with van der Waals surface area (Å²) < 4.78 is 2.17. The van der Waals surface area contributed by atoms with Gasteiger partial charge in [-0.2, -0.15) is 0 Å². The van der Waals surface area contributed by atoms with E-state index in [1.165, 1.54) is 16.8 Å². The van der Waals surface area contributed by atoms with E-state index in [1.54, 1.807) is 18.3 Å². The number of carbonyl (C=O) groups excluding carboxylic acids is 1. The van der Waals surface area contributed by atoms with E-state index in [4.69, 9.17) is 0 Å². The van der Waals surface area contributed by atoms with E-state index in [0.29, 0.717) is 0 Å². The van der Waals surface area contributed by atoms with Gasteiger partial charge in [-0.05, 0) is 49.7 Å². The van der Waals surface area contributed by atoms with Crippen LogP contribution in [0.25, 0.3) is 16.1 Å². The van der Waals surface area contributed by atoms with Crippen molar-refractivity contribution in [3.8, 4) is 10.6 Å². The molecule has 0 aliphatic carbocycles. The zero-order valence-electron chi connectivity index (χ0n) is 10.3. The molecule has 18 heavy (non-hydrogen) atoms. The first kappa shape index (κ1) is 11.2. The highest BCUT2D eigenvalue weighted by atomic mass is 32.1. The number of aromatic nitrogens is 1. The molecule has 0 saturated heterocycles. The van der Waals surface area contributed by atoms with Crippen molar-refractivity contribution in [2.75, 3.05) is 0 Å². The van der Waals surface area contributed by atoms with Crippen molar-refractivity contribution in [1.82, 2.24) is 4.40 Å². The molecule has 0 aliphatic rings. The first-order valence-electron chi connectivity index (χ1n) is 5.84. The largest absolute Gasteiger partial charge is 0.316 e. The van der Waals surface area contributed by atoms with Gasteiger partial charge in [-0.15, -0.1) is 11.3 Å². The lowest BCUT2D eigenvalue weighted by Crippen LogP contribution is -1.86. The van der Waals surface area contributed by atoms with Crippen molar-refractivity contribution in [1.29, 1.82) is 0 Å². The molecule has 0 amide bonds. The molecule has 0 N–H and O–H groups in total. The third kappa shape index (κ3) is 1.68. The van der Waals surface area contributed by atoms with E-state index in [-0.39, 0.29) is 5.78 Å². The van der Waals surface area contributed by atoms with E-state index in [1.807, 2.05) is 24.3 Å². The number of carbonyl (C=O) groups is 1. The molecule has 0 fully saturated rings. The van der Waals surface area contributed by atoms with Crippen LogP contribution in [-0.2, 0) is 0 Å². The highest BCUT2D eigenvalue weighted by Crippen LogP contribution is 2.32. The highest BCUT2D eigenvalue weighted by Gasteiger charge is 2.12. The maximum atomic E-state index is 11.4. The molecule has 0 atom stereocenters. The number of aryl methyl sites for hydroxylation is 1. The molecule has 90 valence electrons. The Morgan fingerprint density at radius 3 is 2.78 bits per heavy atom. The number of fused-ring (bicyclic) bond motifs is 1. The molecular weight excluding hydrogens is 242 g/mol. The number of hydrogen-bond donors (Lipinski definition) is 0. The molecule has 3 heterocycles. The van der Waals surface area contributed by atoms with Gasteiger partial charge in [-0.1, -0.05) is 6.07 Å². The standard InChI is InChI=1S/C15H13NOS/c1-10-9-12-5-3-4-8-16(12)15(10)14-7-6-13(18-14)11(2)17/h3-9H,1-2H3. The summed E-state index contributed by atoms with van der Waals surface area (Å²) >= 11 is 1.56. The van der Waals surface area contributed by atoms with Gasteiger partial charge in [0.05, 0.1) is 15.4 Å². The smallest absolute Gasteiger partial charge is 0.169 e. The minimum atomic E-state index is 0.129. The summed E-state index contributed by atoms with van der Waals surface area (Å²) in [6.07, 6.45) is 2.06. The van der Waals surface area contributed by atoms with Crippen LogP contribution in [0.3, 0.4) is 0 Å². The van der Waals surface area contributed by atoms with Gasteiger partial charge in [0.15, 0.2) is 5.78 Å². The Morgan fingerprint density at radius 1 is 1.22 bits per heavy atom. The molecule has 2 nitrogen and oxygen atoms in total. The second-order valence-corrected chi connectivity index (χ2v) is 5.48. The highest BCUT2D eigenvalue weighted by molar-refractivity contribution is 7.17. The maximum absolute atomic E-state index is 11.4. The van der Waals surface area contributed by atoms with Gasteiger partial charge in [0, 0.05) is 11.7 Å². The fraction of sp³-hybridized carbons (Fsp3) is 0.133. The van der Waals surface area contributed by atoms with Crippen LogP contribution < -0.4 is 0 Å². The number of Topliss-reactive ketones (excluding diaryl/α,β-unsaturated/α-hetero) is 1. The van der Waals surface area contributed by atoms with E-state index < -0.39 is 0 Å². The van der Waals surface area contributed by atoms with Crippen LogP contribution >= 0.6 is 11.3 Å². The van der Waals surface area contributed by atoms with E-state index in [2.05, 4.69) is 29.7 Å². The molecular formula is C15H13NOS. The zero-order chi connectivity index (χ0) is 12.7. The first-order chi connectivity index (χ1) is 8.66. The summed E-state index contributed by atoms with van der Waals surface area (Å²) in [4.78, 5) is 13.3. The predicted molar refractivity (Wildman–Crippen MR) is 75.5 cm³/mol. The van der Waals surface area contributed by atoms with Crippen LogP contribution in [0.1, 0.15) is 22.2 Å². The summed E-state index contributed by atoms with van der Waals surface area (Å²) in [6.45, 7) is 3.72. The number of hydrogen-bond acceptors (Lipinski definition) is 2. The Hall–Kier alpha value is -1.87. The Kier molecular flexibility index (Phi) is 2.56. The molecule has 0 saturated carbocycles. The summed E-state index contributed by atoms with van der Waals surface area (Å²) in [5.74, 6) is 0.129. The average Bonchev–Trinajstić information content (AvgIpc) is 2.91. The maximum Gasteiger partial charge on any atom is 0.169 e.